The predicted octanol–water partition coefficient (Wildman–Crippen LogP) is 5.25. The van der Waals surface area contributed by atoms with Gasteiger partial charge < -0.3 is 5.32 Å². The minimum Gasteiger partial charge on any atom is -0.383 e. The fourth-order valence-electron chi connectivity index (χ4n) is 2.21. The Bertz CT molecular complexity index is 423. The molecule has 0 heterocycles. The Morgan fingerprint density at radius 2 is 1.70 bits per heavy atom. The number of hydrogen-bond acceptors (Lipinski definition) is 2. The third-order valence-corrected chi connectivity index (χ3v) is 3.44. The van der Waals surface area contributed by atoms with E-state index in [1.165, 1.54) is 51.0 Å². The van der Waals surface area contributed by atoms with Gasteiger partial charge in [0.1, 0.15) is 5.82 Å². The molecule has 1 aromatic carbocycles. The lowest BCUT2D eigenvalue weighted by Gasteiger charge is -2.07. The Balaban J connectivity index is 2.08. The van der Waals surface area contributed by atoms with Gasteiger partial charge in [0, 0.05) is 6.54 Å². The Hall–Kier alpha value is -1.56. The highest BCUT2D eigenvalue weighted by atomic mass is 19.1. The SMILES string of the molecule is CCCCCCCCCCNc1ccc(C#N)cc1F. The zero-order chi connectivity index (χ0) is 14.6. The van der Waals surface area contributed by atoms with E-state index in [0.717, 1.165) is 13.0 Å². The number of halogens is 1. The molecule has 0 bridgehead atoms. The second-order valence-corrected chi connectivity index (χ2v) is 5.21. The summed E-state index contributed by atoms with van der Waals surface area (Å²) in [6.07, 6.45) is 10.2. The predicted molar refractivity (Wildman–Crippen MR) is 82.2 cm³/mol. The van der Waals surface area contributed by atoms with E-state index in [1.807, 2.05) is 6.07 Å². The monoisotopic (exact) mass is 276 g/mol. The number of nitriles is 1. The lowest BCUT2D eigenvalue weighted by atomic mass is 10.1. The first-order valence-electron chi connectivity index (χ1n) is 7.71. The third-order valence-electron chi connectivity index (χ3n) is 3.44. The maximum absolute atomic E-state index is 13.6. The van der Waals surface area contributed by atoms with E-state index in [4.69, 9.17) is 5.26 Å². The maximum Gasteiger partial charge on any atom is 0.147 e. The highest BCUT2D eigenvalue weighted by molar-refractivity contribution is 5.48. The van der Waals surface area contributed by atoms with Crippen molar-refractivity contribution in [1.82, 2.24) is 0 Å². The minimum atomic E-state index is -0.344. The summed E-state index contributed by atoms with van der Waals surface area (Å²) in [4.78, 5) is 0. The molecule has 1 N–H and O–H groups in total. The quantitative estimate of drug-likeness (QED) is 0.592. The van der Waals surface area contributed by atoms with E-state index in [2.05, 4.69) is 12.2 Å². The van der Waals surface area contributed by atoms with Crippen LogP contribution in [0.5, 0.6) is 0 Å². The molecule has 0 saturated carbocycles. The first kappa shape index (κ1) is 16.5. The van der Waals surface area contributed by atoms with Crippen LogP contribution in [0.15, 0.2) is 18.2 Å². The van der Waals surface area contributed by atoms with Crippen molar-refractivity contribution in [2.75, 3.05) is 11.9 Å². The van der Waals surface area contributed by atoms with Crippen LogP contribution in [0.1, 0.15) is 63.9 Å². The van der Waals surface area contributed by atoms with Crippen molar-refractivity contribution in [2.24, 2.45) is 0 Å². The Morgan fingerprint density at radius 3 is 2.30 bits per heavy atom. The molecule has 0 atom stereocenters. The van der Waals surface area contributed by atoms with Crippen LogP contribution in [-0.2, 0) is 0 Å². The van der Waals surface area contributed by atoms with E-state index < -0.39 is 0 Å². The minimum absolute atomic E-state index is 0.344. The van der Waals surface area contributed by atoms with Gasteiger partial charge >= 0.3 is 0 Å². The lowest BCUT2D eigenvalue weighted by molar-refractivity contribution is 0.580. The van der Waals surface area contributed by atoms with E-state index in [9.17, 15) is 4.39 Å². The van der Waals surface area contributed by atoms with Gasteiger partial charge in [0.25, 0.3) is 0 Å². The average molecular weight is 276 g/mol. The summed E-state index contributed by atoms with van der Waals surface area (Å²) in [5, 5.41) is 11.8. The molecule has 0 aliphatic heterocycles. The van der Waals surface area contributed by atoms with Crippen LogP contribution in [0.4, 0.5) is 10.1 Å². The summed E-state index contributed by atoms with van der Waals surface area (Å²) < 4.78 is 13.6. The van der Waals surface area contributed by atoms with Gasteiger partial charge in [-0.1, -0.05) is 51.9 Å². The lowest BCUT2D eigenvalue weighted by Crippen LogP contribution is -2.03. The van der Waals surface area contributed by atoms with Gasteiger partial charge in [0.05, 0.1) is 17.3 Å². The van der Waals surface area contributed by atoms with Gasteiger partial charge in [-0.2, -0.15) is 5.26 Å². The summed E-state index contributed by atoms with van der Waals surface area (Å²) in [5.41, 5.74) is 0.854. The van der Waals surface area contributed by atoms with E-state index in [-0.39, 0.29) is 5.82 Å². The van der Waals surface area contributed by atoms with Crippen molar-refractivity contribution in [2.45, 2.75) is 58.3 Å². The van der Waals surface area contributed by atoms with Crippen molar-refractivity contribution >= 4 is 5.69 Å². The number of nitrogens with one attached hydrogen (secondary N) is 1. The number of unbranched alkanes of at least 4 members (excludes halogenated alkanes) is 7. The molecule has 3 heteroatoms. The van der Waals surface area contributed by atoms with Crippen LogP contribution in [0.2, 0.25) is 0 Å². The number of hydrogen-bond donors (Lipinski definition) is 1. The van der Waals surface area contributed by atoms with Gasteiger partial charge in [0.2, 0.25) is 0 Å². The number of rotatable bonds is 10. The van der Waals surface area contributed by atoms with Crippen molar-refractivity contribution in [3.63, 3.8) is 0 Å². The molecule has 0 amide bonds. The van der Waals surface area contributed by atoms with Crippen molar-refractivity contribution in [3.8, 4) is 6.07 Å². The van der Waals surface area contributed by atoms with E-state index >= 15 is 0 Å². The fourth-order valence-corrected chi connectivity index (χ4v) is 2.21. The van der Waals surface area contributed by atoms with Crippen molar-refractivity contribution < 1.29 is 4.39 Å². The first-order chi connectivity index (χ1) is 9.77. The Labute approximate surface area is 122 Å². The number of anilines is 1. The largest absolute Gasteiger partial charge is 0.383 e. The molecule has 20 heavy (non-hydrogen) atoms. The standard InChI is InChI=1S/C17H25FN2/c1-2-3-4-5-6-7-8-9-12-20-17-11-10-15(14-19)13-16(17)18/h10-11,13,20H,2-9,12H2,1H3. The zero-order valence-corrected chi connectivity index (χ0v) is 12.4. The summed E-state index contributed by atoms with van der Waals surface area (Å²) in [6, 6.07) is 6.48. The van der Waals surface area contributed by atoms with Crippen LogP contribution in [0.25, 0.3) is 0 Å². The van der Waals surface area contributed by atoms with Gasteiger partial charge in [-0.3, -0.25) is 0 Å². The van der Waals surface area contributed by atoms with Crippen LogP contribution >= 0.6 is 0 Å². The summed E-state index contributed by atoms with van der Waals surface area (Å²) in [6.45, 7) is 3.02. The Kier molecular flexibility index (Phi) is 8.46. The molecule has 0 aromatic heterocycles. The van der Waals surface area contributed by atoms with Crippen molar-refractivity contribution in [1.29, 1.82) is 5.26 Å². The number of benzene rings is 1. The fraction of sp³-hybridized carbons (Fsp3) is 0.588. The summed E-state index contributed by atoms with van der Waals surface area (Å²) in [7, 11) is 0. The zero-order valence-electron chi connectivity index (χ0n) is 12.4. The molecule has 0 saturated heterocycles. The highest BCUT2D eigenvalue weighted by Gasteiger charge is 2.02. The smallest absolute Gasteiger partial charge is 0.147 e. The molecular formula is C17H25FN2. The molecule has 0 radical (unpaired) electrons. The van der Waals surface area contributed by atoms with Gasteiger partial charge in [-0.15, -0.1) is 0 Å². The molecular weight excluding hydrogens is 251 g/mol. The average Bonchev–Trinajstić information content (AvgIpc) is 2.47. The molecule has 0 fully saturated rings. The van der Waals surface area contributed by atoms with Crippen LogP contribution in [0, 0.1) is 17.1 Å². The van der Waals surface area contributed by atoms with Gasteiger partial charge in [0.15, 0.2) is 0 Å². The van der Waals surface area contributed by atoms with E-state index in [1.54, 1.807) is 12.1 Å². The Morgan fingerprint density at radius 1 is 1.05 bits per heavy atom. The highest BCUT2D eigenvalue weighted by Crippen LogP contribution is 2.15. The number of nitrogens with zero attached hydrogens (tertiary/aromatic N) is 1. The van der Waals surface area contributed by atoms with Crippen LogP contribution < -0.4 is 5.32 Å². The van der Waals surface area contributed by atoms with Crippen molar-refractivity contribution in [3.05, 3.63) is 29.6 Å². The summed E-state index contributed by atoms with van der Waals surface area (Å²) >= 11 is 0. The van der Waals surface area contributed by atoms with Gasteiger partial charge in [-0.25, -0.2) is 4.39 Å². The summed E-state index contributed by atoms with van der Waals surface area (Å²) in [5.74, 6) is -0.344. The van der Waals surface area contributed by atoms with Crippen LogP contribution in [0.3, 0.4) is 0 Å². The molecule has 0 spiro atoms. The first-order valence-corrected chi connectivity index (χ1v) is 7.71. The topological polar surface area (TPSA) is 35.8 Å². The third kappa shape index (κ3) is 6.56. The molecule has 1 aromatic rings. The second-order valence-electron chi connectivity index (χ2n) is 5.21. The van der Waals surface area contributed by atoms with Gasteiger partial charge in [-0.05, 0) is 24.6 Å². The maximum atomic E-state index is 13.6. The van der Waals surface area contributed by atoms with Crippen LogP contribution in [-0.4, -0.2) is 6.54 Å². The molecule has 110 valence electrons. The normalized spacial score (nSPS) is 10.2. The van der Waals surface area contributed by atoms with E-state index in [0.29, 0.717) is 11.3 Å². The molecule has 0 aliphatic carbocycles. The molecule has 0 aliphatic rings. The molecule has 0 unspecified atom stereocenters. The second kappa shape index (κ2) is 10.3. The molecule has 1 rings (SSSR count). The molecule has 2 nitrogen and oxygen atoms in total.